The Bertz CT molecular complexity index is 581. The second-order valence-corrected chi connectivity index (χ2v) is 6.82. The summed E-state index contributed by atoms with van der Waals surface area (Å²) in [5.74, 6) is -0.509. The third-order valence-corrected chi connectivity index (χ3v) is 4.18. The molecule has 1 amide bonds. The van der Waals surface area contributed by atoms with E-state index in [0.29, 0.717) is 5.69 Å². The van der Waals surface area contributed by atoms with E-state index in [9.17, 15) is 13.2 Å². The highest BCUT2D eigenvalue weighted by atomic mass is 35.5. The maximum Gasteiger partial charge on any atom is 0.239 e. The van der Waals surface area contributed by atoms with Gasteiger partial charge < -0.3 is 11.1 Å². The van der Waals surface area contributed by atoms with Crippen molar-refractivity contribution < 1.29 is 13.2 Å². The highest BCUT2D eigenvalue weighted by Gasteiger charge is 2.15. The number of hydrogen-bond acceptors (Lipinski definition) is 4. The molecule has 1 rings (SSSR count). The van der Waals surface area contributed by atoms with Crippen molar-refractivity contribution in [3.05, 3.63) is 22.2 Å². The van der Waals surface area contributed by atoms with Crippen molar-refractivity contribution in [3.8, 4) is 0 Å². The molecule has 3 N–H and O–H groups in total. The van der Waals surface area contributed by atoms with Crippen molar-refractivity contribution >= 4 is 50.5 Å². The molecule has 0 radical (unpaired) electrons. The molecule has 9 heteroatoms. The van der Waals surface area contributed by atoms with Gasteiger partial charge in [-0.3, -0.25) is 4.79 Å². The van der Waals surface area contributed by atoms with Crippen molar-refractivity contribution in [3.63, 3.8) is 0 Å². The van der Waals surface area contributed by atoms with Gasteiger partial charge in [0.2, 0.25) is 15.9 Å². The van der Waals surface area contributed by atoms with Gasteiger partial charge in [-0.1, -0.05) is 23.2 Å². The molecule has 0 saturated heterocycles. The quantitative estimate of drug-likeness (QED) is 0.818. The zero-order valence-electron chi connectivity index (χ0n) is 10.3. The Hall–Kier alpha value is -1.02. The first-order valence-corrected chi connectivity index (χ1v) is 7.67. The summed E-state index contributed by atoms with van der Waals surface area (Å²) in [5.41, 5.74) is 6.12. The maximum absolute atomic E-state index is 11.6. The second kappa shape index (κ2) is 5.96. The van der Waals surface area contributed by atoms with E-state index < -0.39 is 15.9 Å². The molecule has 1 aromatic carbocycles. The summed E-state index contributed by atoms with van der Waals surface area (Å²) < 4.78 is 23.2. The molecule has 0 bridgehead atoms. The number of nitrogens with two attached hydrogens (primary N) is 1. The third-order valence-electron chi connectivity index (χ3n) is 2.30. The molecular formula is C10H13Cl2N3O3S. The minimum atomic E-state index is -3.41. The van der Waals surface area contributed by atoms with Gasteiger partial charge in [-0.05, 0) is 12.1 Å². The van der Waals surface area contributed by atoms with Gasteiger partial charge in [0.25, 0.3) is 0 Å². The van der Waals surface area contributed by atoms with Crippen LogP contribution in [0, 0.1) is 0 Å². The molecule has 0 aliphatic rings. The summed E-state index contributed by atoms with van der Waals surface area (Å²) in [4.78, 5) is 11.6. The van der Waals surface area contributed by atoms with Gasteiger partial charge in [-0.15, -0.1) is 0 Å². The molecule has 0 fully saturated rings. The molecule has 0 aromatic heterocycles. The number of sulfonamides is 1. The fourth-order valence-electron chi connectivity index (χ4n) is 1.18. The first-order valence-electron chi connectivity index (χ1n) is 5.07. The molecule has 106 valence electrons. The first kappa shape index (κ1) is 16.0. The third kappa shape index (κ3) is 4.54. The fraction of sp³-hybridized carbons (Fsp3) is 0.300. The highest BCUT2D eigenvalue weighted by molar-refractivity contribution is 7.88. The lowest BCUT2D eigenvalue weighted by Gasteiger charge is -2.14. The average molecular weight is 326 g/mol. The van der Waals surface area contributed by atoms with Crippen LogP contribution in [0.1, 0.15) is 0 Å². The van der Waals surface area contributed by atoms with E-state index in [2.05, 4.69) is 5.32 Å². The van der Waals surface area contributed by atoms with E-state index in [1.54, 1.807) is 0 Å². The monoisotopic (exact) mass is 325 g/mol. The molecule has 0 atom stereocenters. The summed E-state index contributed by atoms with van der Waals surface area (Å²) >= 11 is 11.6. The molecule has 0 aliphatic carbocycles. The Kier molecular flexibility index (Phi) is 5.03. The predicted octanol–water partition coefficient (Wildman–Crippen LogP) is 1.41. The Labute approximate surface area is 121 Å². The number of hydrogen-bond donors (Lipinski definition) is 2. The molecule has 0 spiro atoms. The molecule has 0 unspecified atom stereocenters. The molecular weight excluding hydrogens is 313 g/mol. The molecule has 1 aromatic rings. The van der Waals surface area contributed by atoms with Crippen LogP contribution in [0.2, 0.25) is 10.0 Å². The standard InChI is InChI=1S/C10H13Cl2N3O3S/c1-15(19(2,17)18)5-9(16)14-6-3-7(11)10(13)8(12)4-6/h3-4H,5,13H2,1-2H3,(H,14,16). The van der Waals surface area contributed by atoms with E-state index in [-0.39, 0.29) is 22.3 Å². The lowest BCUT2D eigenvalue weighted by Crippen LogP contribution is -2.34. The molecule has 0 saturated carbocycles. The number of amides is 1. The van der Waals surface area contributed by atoms with E-state index >= 15 is 0 Å². The Morgan fingerprint density at radius 3 is 2.26 bits per heavy atom. The van der Waals surface area contributed by atoms with Crippen LogP contribution < -0.4 is 11.1 Å². The summed E-state index contributed by atoms with van der Waals surface area (Å²) in [6.45, 7) is -0.307. The molecule has 6 nitrogen and oxygen atoms in total. The predicted molar refractivity (Wildman–Crippen MR) is 77.0 cm³/mol. The van der Waals surface area contributed by atoms with Gasteiger partial charge in [0, 0.05) is 12.7 Å². The number of likely N-dealkylation sites (N-methyl/N-ethyl adjacent to an activating group) is 1. The average Bonchev–Trinajstić information content (AvgIpc) is 2.24. The number of nitrogens with one attached hydrogen (secondary N) is 1. The van der Waals surface area contributed by atoms with E-state index in [0.717, 1.165) is 10.6 Å². The van der Waals surface area contributed by atoms with Gasteiger partial charge in [-0.25, -0.2) is 8.42 Å². The van der Waals surface area contributed by atoms with Gasteiger partial charge in [0.05, 0.1) is 28.5 Å². The number of carbonyl (C=O) groups excluding carboxylic acids is 1. The van der Waals surface area contributed by atoms with Gasteiger partial charge >= 0.3 is 0 Å². The number of halogens is 2. The lowest BCUT2D eigenvalue weighted by atomic mass is 10.3. The van der Waals surface area contributed by atoms with Crippen LogP contribution in [0.5, 0.6) is 0 Å². The number of nitrogens with zero attached hydrogens (tertiary/aromatic N) is 1. The minimum absolute atomic E-state index is 0.208. The number of carbonyl (C=O) groups is 1. The van der Waals surface area contributed by atoms with Crippen LogP contribution >= 0.6 is 23.2 Å². The topological polar surface area (TPSA) is 92.5 Å². The smallest absolute Gasteiger partial charge is 0.239 e. The Morgan fingerprint density at radius 2 is 1.84 bits per heavy atom. The molecule has 19 heavy (non-hydrogen) atoms. The highest BCUT2D eigenvalue weighted by Crippen LogP contribution is 2.31. The van der Waals surface area contributed by atoms with Gasteiger partial charge in [0.15, 0.2) is 0 Å². The zero-order valence-corrected chi connectivity index (χ0v) is 12.6. The summed E-state index contributed by atoms with van der Waals surface area (Å²) in [6.07, 6.45) is 1.01. The second-order valence-electron chi connectivity index (χ2n) is 3.92. The van der Waals surface area contributed by atoms with Crippen LogP contribution in [-0.4, -0.2) is 38.5 Å². The summed E-state index contributed by atoms with van der Waals surface area (Å²) in [7, 11) is -2.11. The Morgan fingerprint density at radius 1 is 1.37 bits per heavy atom. The summed E-state index contributed by atoms with van der Waals surface area (Å²) in [6, 6.07) is 2.86. The molecule has 0 aliphatic heterocycles. The number of rotatable bonds is 4. The number of anilines is 2. The van der Waals surface area contributed by atoms with Gasteiger partial charge in [-0.2, -0.15) is 4.31 Å². The van der Waals surface area contributed by atoms with Crippen molar-refractivity contribution in [2.24, 2.45) is 0 Å². The van der Waals surface area contributed by atoms with E-state index in [1.165, 1.54) is 19.2 Å². The van der Waals surface area contributed by atoms with Crippen molar-refractivity contribution in [2.45, 2.75) is 0 Å². The van der Waals surface area contributed by atoms with Crippen LogP contribution in [0.3, 0.4) is 0 Å². The Balaban J connectivity index is 2.78. The summed E-state index contributed by atoms with van der Waals surface area (Å²) in [5, 5.41) is 2.90. The van der Waals surface area contributed by atoms with E-state index in [1.807, 2.05) is 0 Å². The van der Waals surface area contributed by atoms with Crippen LogP contribution in [0.25, 0.3) is 0 Å². The molecule has 0 heterocycles. The first-order chi connectivity index (χ1) is 8.61. The number of nitrogen functional groups attached to an aromatic ring is 1. The minimum Gasteiger partial charge on any atom is -0.396 e. The zero-order chi connectivity index (χ0) is 14.8. The SMILES string of the molecule is CN(CC(=O)Nc1cc(Cl)c(N)c(Cl)c1)S(C)(=O)=O. The fourth-order valence-corrected chi connectivity index (χ4v) is 2.02. The van der Waals surface area contributed by atoms with Crippen LogP contribution in [0.4, 0.5) is 11.4 Å². The lowest BCUT2D eigenvalue weighted by molar-refractivity contribution is -0.116. The van der Waals surface area contributed by atoms with Crippen molar-refractivity contribution in [2.75, 3.05) is 30.9 Å². The largest absolute Gasteiger partial charge is 0.396 e. The van der Waals surface area contributed by atoms with Crippen molar-refractivity contribution in [1.29, 1.82) is 0 Å². The normalized spacial score (nSPS) is 11.6. The number of benzene rings is 1. The van der Waals surface area contributed by atoms with Crippen LogP contribution in [-0.2, 0) is 14.8 Å². The van der Waals surface area contributed by atoms with Crippen LogP contribution in [0.15, 0.2) is 12.1 Å². The van der Waals surface area contributed by atoms with Gasteiger partial charge in [0.1, 0.15) is 0 Å². The van der Waals surface area contributed by atoms with Crippen molar-refractivity contribution in [1.82, 2.24) is 4.31 Å². The van der Waals surface area contributed by atoms with E-state index in [4.69, 9.17) is 28.9 Å². The maximum atomic E-state index is 11.6.